The molecule has 0 radical (unpaired) electrons. The molecule has 1 aliphatic rings. The summed E-state index contributed by atoms with van der Waals surface area (Å²) in [6.45, 7) is 4.46. The van der Waals surface area contributed by atoms with Gasteiger partial charge in [-0.15, -0.1) is 0 Å². The van der Waals surface area contributed by atoms with E-state index in [1.54, 1.807) is 12.3 Å². The number of nitrogens with one attached hydrogen (secondary N) is 2. The van der Waals surface area contributed by atoms with Crippen molar-refractivity contribution in [2.75, 3.05) is 32.7 Å². The van der Waals surface area contributed by atoms with E-state index < -0.39 is 11.6 Å². The van der Waals surface area contributed by atoms with Gasteiger partial charge in [0.15, 0.2) is 5.82 Å². The molecular weight excluding hydrogens is 248 g/mol. The fourth-order valence-corrected chi connectivity index (χ4v) is 2.61. The Kier molecular flexibility index (Phi) is 3.48. The molecule has 0 amide bonds. The molecule has 19 heavy (non-hydrogen) atoms. The summed E-state index contributed by atoms with van der Waals surface area (Å²) in [5, 5.41) is 3.85. The highest BCUT2D eigenvalue weighted by atomic mass is 19.1. The van der Waals surface area contributed by atoms with Crippen LogP contribution in [0.2, 0.25) is 0 Å². The van der Waals surface area contributed by atoms with Crippen molar-refractivity contribution >= 4 is 10.9 Å². The van der Waals surface area contributed by atoms with Crippen LogP contribution in [0.5, 0.6) is 0 Å². The first-order chi connectivity index (χ1) is 9.25. The lowest BCUT2D eigenvalue weighted by Crippen LogP contribution is -2.44. The summed E-state index contributed by atoms with van der Waals surface area (Å²) in [7, 11) is 0. The number of hydrogen-bond donors (Lipinski definition) is 2. The minimum Gasteiger partial charge on any atom is -0.359 e. The summed E-state index contributed by atoms with van der Waals surface area (Å²) in [6.07, 6.45) is 2.04. The van der Waals surface area contributed by atoms with Gasteiger partial charge in [-0.05, 0) is 18.6 Å². The molecule has 102 valence electrons. The van der Waals surface area contributed by atoms with E-state index in [0.717, 1.165) is 26.2 Å². The van der Waals surface area contributed by atoms with Gasteiger partial charge in [-0.2, -0.15) is 0 Å². The molecule has 1 fully saturated rings. The Balaban J connectivity index is 1.79. The van der Waals surface area contributed by atoms with Crippen LogP contribution in [0.1, 0.15) is 5.56 Å². The van der Waals surface area contributed by atoms with Gasteiger partial charge in [0.1, 0.15) is 5.82 Å². The van der Waals surface area contributed by atoms with Gasteiger partial charge in [-0.25, -0.2) is 8.78 Å². The average molecular weight is 265 g/mol. The average Bonchev–Trinajstić information content (AvgIpc) is 2.88. The highest BCUT2D eigenvalue weighted by Gasteiger charge is 2.16. The van der Waals surface area contributed by atoms with Gasteiger partial charge in [0.25, 0.3) is 0 Å². The summed E-state index contributed by atoms with van der Waals surface area (Å²) in [6, 6.07) is 3.09. The standard InChI is InChI=1S/C14H17F2N3/c15-12-9-10-1-3-18-14(10)13(16)11(12)2-6-19-7-4-17-5-8-19/h1,3,9,17-18H,2,4-8H2. The molecule has 1 aromatic carbocycles. The van der Waals surface area contributed by atoms with E-state index >= 15 is 0 Å². The number of H-pyrrole nitrogens is 1. The molecule has 3 rings (SSSR count). The third-order valence-corrected chi connectivity index (χ3v) is 3.72. The number of benzene rings is 1. The Bertz CT molecular complexity index is 573. The van der Waals surface area contributed by atoms with Gasteiger partial charge in [0.2, 0.25) is 0 Å². The summed E-state index contributed by atoms with van der Waals surface area (Å²) >= 11 is 0. The van der Waals surface area contributed by atoms with Crippen LogP contribution >= 0.6 is 0 Å². The molecule has 2 N–H and O–H groups in total. The second-order valence-corrected chi connectivity index (χ2v) is 4.93. The third-order valence-electron chi connectivity index (χ3n) is 3.72. The lowest BCUT2D eigenvalue weighted by atomic mass is 10.1. The summed E-state index contributed by atoms with van der Waals surface area (Å²) in [5.41, 5.74) is 0.588. The van der Waals surface area contributed by atoms with E-state index in [-0.39, 0.29) is 5.56 Å². The fourth-order valence-electron chi connectivity index (χ4n) is 2.61. The normalized spacial score (nSPS) is 17.2. The maximum atomic E-state index is 14.2. The molecule has 1 aromatic heterocycles. The van der Waals surface area contributed by atoms with E-state index in [2.05, 4.69) is 15.2 Å². The Morgan fingerprint density at radius 2 is 2.00 bits per heavy atom. The number of aromatic amines is 1. The largest absolute Gasteiger partial charge is 0.359 e. The minimum atomic E-state index is -0.449. The lowest BCUT2D eigenvalue weighted by Gasteiger charge is -2.27. The topological polar surface area (TPSA) is 31.1 Å². The third kappa shape index (κ3) is 2.48. The van der Waals surface area contributed by atoms with Crippen LogP contribution in [0.25, 0.3) is 10.9 Å². The van der Waals surface area contributed by atoms with Crippen LogP contribution in [0.4, 0.5) is 8.78 Å². The zero-order chi connectivity index (χ0) is 13.2. The maximum absolute atomic E-state index is 14.2. The quantitative estimate of drug-likeness (QED) is 0.888. The van der Waals surface area contributed by atoms with Crippen molar-refractivity contribution in [3.05, 3.63) is 35.5 Å². The molecular formula is C14H17F2N3. The number of piperazine rings is 1. The smallest absolute Gasteiger partial charge is 0.153 e. The van der Waals surface area contributed by atoms with E-state index in [1.165, 1.54) is 6.07 Å². The molecule has 0 saturated carbocycles. The highest BCUT2D eigenvalue weighted by molar-refractivity contribution is 5.80. The molecule has 3 nitrogen and oxygen atoms in total. The molecule has 0 atom stereocenters. The zero-order valence-corrected chi connectivity index (χ0v) is 10.7. The van der Waals surface area contributed by atoms with E-state index in [0.29, 0.717) is 23.9 Å². The SMILES string of the molecule is Fc1cc2cc[nH]c2c(F)c1CCN1CCNCC1. The van der Waals surface area contributed by atoms with E-state index in [4.69, 9.17) is 0 Å². The van der Waals surface area contributed by atoms with Gasteiger partial charge in [-0.3, -0.25) is 0 Å². The van der Waals surface area contributed by atoms with Crippen molar-refractivity contribution < 1.29 is 8.78 Å². The van der Waals surface area contributed by atoms with Gasteiger partial charge in [0.05, 0.1) is 5.52 Å². The molecule has 1 aliphatic heterocycles. The maximum Gasteiger partial charge on any atom is 0.153 e. The van der Waals surface area contributed by atoms with Crippen LogP contribution in [0.15, 0.2) is 18.3 Å². The van der Waals surface area contributed by atoms with Gasteiger partial charge >= 0.3 is 0 Å². The summed E-state index contributed by atoms with van der Waals surface area (Å²) < 4.78 is 28.1. The van der Waals surface area contributed by atoms with Crippen LogP contribution < -0.4 is 5.32 Å². The van der Waals surface area contributed by atoms with Crippen LogP contribution in [0.3, 0.4) is 0 Å². The van der Waals surface area contributed by atoms with E-state index in [9.17, 15) is 8.78 Å². The number of fused-ring (bicyclic) bond motifs is 1. The van der Waals surface area contributed by atoms with Crippen molar-refractivity contribution in [2.45, 2.75) is 6.42 Å². The van der Waals surface area contributed by atoms with Crippen LogP contribution in [0, 0.1) is 11.6 Å². The van der Waals surface area contributed by atoms with Crippen molar-refractivity contribution in [2.24, 2.45) is 0 Å². The molecule has 1 saturated heterocycles. The number of aromatic nitrogens is 1. The lowest BCUT2D eigenvalue weighted by molar-refractivity contribution is 0.242. The Morgan fingerprint density at radius 1 is 1.21 bits per heavy atom. The second kappa shape index (κ2) is 5.27. The number of nitrogens with zero attached hydrogens (tertiary/aromatic N) is 1. The fraction of sp³-hybridized carbons (Fsp3) is 0.429. The predicted molar refractivity (Wildman–Crippen MR) is 71.2 cm³/mol. The molecule has 0 bridgehead atoms. The minimum absolute atomic E-state index is 0.188. The van der Waals surface area contributed by atoms with Gasteiger partial charge in [-0.1, -0.05) is 0 Å². The highest BCUT2D eigenvalue weighted by Crippen LogP contribution is 2.23. The van der Waals surface area contributed by atoms with Crippen molar-refractivity contribution in [1.29, 1.82) is 0 Å². The van der Waals surface area contributed by atoms with Crippen molar-refractivity contribution in [1.82, 2.24) is 15.2 Å². The Morgan fingerprint density at radius 3 is 2.79 bits per heavy atom. The first kappa shape index (κ1) is 12.6. The monoisotopic (exact) mass is 265 g/mol. The number of halogens is 2. The van der Waals surface area contributed by atoms with Crippen LogP contribution in [-0.4, -0.2) is 42.6 Å². The second-order valence-electron chi connectivity index (χ2n) is 4.93. The zero-order valence-electron chi connectivity index (χ0n) is 10.7. The molecule has 2 heterocycles. The Labute approximate surface area is 110 Å². The molecule has 0 spiro atoms. The number of rotatable bonds is 3. The van der Waals surface area contributed by atoms with Crippen molar-refractivity contribution in [3.63, 3.8) is 0 Å². The first-order valence-corrected chi connectivity index (χ1v) is 6.63. The summed E-state index contributed by atoms with van der Waals surface area (Å²) in [5.74, 6) is -0.894. The number of hydrogen-bond acceptors (Lipinski definition) is 2. The predicted octanol–water partition coefficient (Wildman–Crippen LogP) is 1.89. The molecule has 0 aliphatic carbocycles. The van der Waals surface area contributed by atoms with Crippen molar-refractivity contribution in [3.8, 4) is 0 Å². The first-order valence-electron chi connectivity index (χ1n) is 6.63. The molecule has 5 heteroatoms. The van der Waals surface area contributed by atoms with E-state index in [1.807, 2.05) is 0 Å². The Hall–Kier alpha value is -1.46. The van der Waals surface area contributed by atoms with Gasteiger partial charge < -0.3 is 15.2 Å². The summed E-state index contributed by atoms with van der Waals surface area (Å²) in [4.78, 5) is 5.06. The van der Waals surface area contributed by atoms with Crippen LogP contribution in [-0.2, 0) is 6.42 Å². The molecule has 0 unspecified atom stereocenters. The van der Waals surface area contributed by atoms with Gasteiger partial charge in [0, 0.05) is 49.9 Å². The molecule has 2 aromatic rings.